The lowest BCUT2D eigenvalue weighted by Crippen LogP contribution is -1.96. The molecule has 2 aromatic heterocycles. The number of fused-ring (bicyclic) bond motifs is 7. The minimum atomic E-state index is 1.10. The van der Waals surface area contributed by atoms with Gasteiger partial charge in [0.05, 0.1) is 22.1 Å². The van der Waals surface area contributed by atoms with Gasteiger partial charge in [0, 0.05) is 32.9 Å². The molecule has 48 heavy (non-hydrogen) atoms. The van der Waals surface area contributed by atoms with Crippen LogP contribution in [-0.2, 0) is 6.42 Å². The Morgan fingerprint density at radius 1 is 0.417 bits per heavy atom. The fourth-order valence-corrected chi connectivity index (χ4v) is 7.60. The molecule has 2 nitrogen and oxygen atoms in total. The van der Waals surface area contributed by atoms with Gasteiger partial charge in [0.1, 0.15) is 0 Å². The van der Waals surface area contributed by atoms with Crippen molar-refractivity contribution in [2.75, 3.05) is 0 Å². The molecule has 0 aliphatic carbocycles. The lowest BCUT2D eigenvalue weighted by molar-refractivity contribution is 0.794. The standard InChI is InChI=1S/C46H36N2/c1-2-3-13-32-14-11-18-37(30-32)47-43-23-10-8-21-41(43)45-44(47)29-28-40-39-20-7-9-22-42(39)48(46(40)45)38-19-12-17-36(31-38)35-26-24-34(25-27-35)33-15-5-4-6-16-33/h4-12,14-31H,2-3,13H2,1H3. The third kappa shape index (κ3) is 4.64. The first-order valence-corrected chi connectivity index (χ1v) is 17.1. The number of para-hydroxylation sites is 2. The maximum absolute atomic E-state index is 2.49. The number of nitrogens with zero attached hydrogens (tertiary/aromatic N) is 2. The van der Waals surface area contributed by atoms with Gasteiger partial charge in [-0.25, -0.2) is 0 Å². The van der Waals surface area contributed by atoms with Gasteiger partial charge in [-0.2, -0.15) is 0 Å². The number of rotatable bonds is 7. The molecule has 0 unspecified atom stereocenters. The Balaban J connectivity index is 1.28. The first kappa shape index (κ1) is 28.4. The number of benzene rings is 7. The Bertz CT molecular complexity index is 2580. The third-order valence-corrected chi connectivity index (χ3v) is 9.89. The van der Waals surface area contributed by atoms with E-state index in [9.17, 15) is 0 Å². The Kier molecular flexibility index (Phi) is 6.94. The highest BCUT2D eigenvalue weighted by Gasteiger charge is 2.21. The van der Waals surface area contributed by atoms with E-state index in [0.717, 1.165) is 12.1 Å². The summed E-state index contributed by atoms with van der Waals surface area (Å²) in [6.45, 7) is 2.26. The third-order valence-electron chi connectivity index (χ3n) is 9.89. The molecular formula is C46H36N2. The number of unbranched alkanes of at least 4 members (excludes halogenated alkanes) is 1. The van der Waals surface area contributed by atoms with Gasteiger partial charge >= 0.3 is 0 Å². The van der Waals surface area contributed by atoms with E-state index in [1.165, 1.54) is 90.0 Å². The Morgan fingerprint density at radius 3 is 1.79 bits per heavy atom. The SMILES string of the molecule is CCCCc1cccc(-n2c3ccccc3c3c2ccc2c4ccccc4n(-c4cccc(-c5ccc(-c6ccccc6)cc5)c4)c23)c1. The van der Waals surface area contributed by atoms with Crippen LogP contribution in [0, 0.1) is 0 Å². The fourth-order valence-electron chi connectivity index (χ4n) is 7.60. The van der Waals surface area contributed by atoms with Crippen molar-refractivity contribution in [1.29, 1.82) is 0 Å². The molecule has 0 N–H and O–H groups in total. The molecule has 0 aliphatic rings. The molecule has 0 fully saturated rings. The van der Waals surface area contributed by atoms with E-state index in [4.69, 9.17) is 0 Å². The van der Waals surface area contributed by atoms with Crippen molar-refractivity contribution in [2.24, 2.45) is 0 Å². The van der Waals surface area contributed by atoms with E-state index in [0.29, 0.717) is 0 Å². The molecule has 2 heteroatoms. The molecule has 0 saturated heterocycles. The largest absolute Gasteiger partial charge is 0.309 e. The van der Waals surface area contributed by atoms with Crippen molar-refractivity contribution in [3.8, 4) is 33.6 Å². The van der Waals surface area contributed by atoms with E-state index < -0.39 is 0 Å². The van der Waals surface area contributed by atoms with Crippen molar-refractivity contribution in [3.05, 3.63) is 169 Å². The van der Waals surface area contributed by atoms with Gasteiger partial charge in [-0.05, 0) is 83.1 Å². The molecule has 230 valence electrons. The quantitative estimate of drug-likeness (QED) is 0.169. The van der Waals surface area contributed by atoms with E-state index in [-0.39, 0.29) is 0 Å². The zero-order chi connectivity index (χ0) is 32.0. The molecule has 0 radical (unpaired) electrons. The summed E-state index contributed by atoms with van der Waals surface area (Å²) in [4.78, 5) is 0. The van der Waals surface area contributed by atoms with Gasteiger partial charge in [-0.3, -0.25) is 0 Å². The summed E-state index contributed by atoms with van der Waals surface area (Å²) in [5.74, 6) is 0. The normalized spacial score (nSPS) is 11.7. The van der Waals surface area contributed by atoms with E-state index >= 15 is 0 Å². The number of hydrogen-bond acceptors (Lipinski definition) is 0. The number of aromatic nitrogens is 2. The van der Waals surface area contributed by atoms with E-state index in [1.807, 2.05) is 0 Å². The molecule has 2 heterocycles. The van der Waals surface area contributed by atoms with Crippen LogP contribution in [0.1, 0.15) is 25.3 Å². The molecule has 0 atom stereocenters. The monoisotopic (exact) mass is 616 g/mol. The molecule has 0 amide bonds. The summed E-state index contributed by atoms with van der Waals surface area (Å²) in [6.07, 6.45) is 3.50. The summed E-state index contributed by atoms with van der Waals surface area (Å²) in [5, 5.41) is 5.10. The summed E-state index contributed by atoms with van der Waals surface area (Å²) in [6, 6.07) is 60.1. The minimum Gasteiger partial charge on any atom is -0.309 e. The first-order valence-electron chi connectivity index (χ1n) is 17.1. The lowest BCUT2D eigenvalue weighted by atomic mass is 10.00. The van der Waals surface area contributed by atoms with Crippen LogP contribution in [0.3, 0.4) is 0 Å². The molecule has 0 spiro atoms. The predicted octanol–water partition coefficient (Wildman–Crippen LogP) is 12.6. The van der Waals surface area contributed by atoms with Crippen LogP contribution < -0.4 is 0 Å². The summed E-state index contributed by atoms with van der Waals surface area (Å²) in [5.41, 5.74) is 13.6. The Morgan fingerprint density at radius 2 is 1.02 bits per heavy atom. The minimum absolute atomic E-state index is 1.10. The topological polar surface area (TPSA) is 9.86 Å². The van der Waals surface area contributed by atoms with Crippen LogP contribution >= 0.6 is 0 Å². The van der Waals surface area contributed by atoms with Gasteiger partial charge < -0.3 is 9.13 Å². The van der Waals surface area contributed by atoms with Crippen LogP contribution in [0.4, 0.5) is 0 Å². The van der Waals surface area contributed by atoms with Gasteiger partial charge in [0.25, 0.3) is 0 Å². The van der Waals surface area contributed by atoms with Crippen molar-refractivity contribution < 1.29 is 0 Å². The highest BCUT2D eigenvalue weighted by atomic mass is 15.0. The van der Waals surface area contributed by atoms with Gasteiger partial charge in [0.2, 0.25) is 0 Å². The first-order chi connectivity index (χ1) is 23.8. The van der Waals surface area contributed by atoms with Gasteiger partial charge in [-0.15, -0.1) is 0 Å². The summed E-state index contributed by atoms with van der Waals surface area (Å²) in [7, 11) is 0. The second kappa shape index (κ2) is 11.7. The Hall–Kier alpha value is -5.86. The molecule has 9 rings (SSSR count). The van der Waals surface area contributed by atoms with Gasteiger partial charge in [-0.1, -0.05) is 135 Å². The maximum atomic E-state index is 2.49. The second-order valence-corrected chi connectivity index (χ2v) is 12.8. The van der Waals surface area contributed by atoms with Crippen LogP contribution in [0.25, 0.3) is 77.2 Å². The number of aryl methyl sites for hydroxylation is 1. The second-order valence-electron chi connectivity index (χ2n) is 12.8. The highest BCUT2D eigenvalue weighted by Crippen LogP contribution is 2.42. The van der Waals surface area contributed by atoms with Crippen molar-refractivity contribution in [2.45, 2.75) is 26.2 Å². The highest BCUT2D eigenvalue weighted by molar-refractivity contribution is 6.26. The van der Waals surface area contributed by atoms with Crippen molar-refractivity contribution in [1.82, 2.24) is 9.13 Å². The smallest absolute Gasteiger partial charge is 0.0641 e. The van der Waals surface area contributed by atoms with Crippen LogP contribution in [-0.4, -0.2) is 9.13 Å². The van der Waals surface area contributed by atoms with Crippen molar-refractivity contribution >= 4 is 43.6 Å². The Labute approximate surface area is 281 Å². The summed E-state index contributed by atoms with van der Waals surface area (Å²) < 4.78 is 4.95. The number of hydrogen-bond donors (Lipinski definition) is 0. The van der Waals surface area contributed by atoms with Crippen LogP contribution in [0.15, 0.2) is 164 Å². The van der Waals surface area contributed by atoms with E-state index in [2.05, 4.69) is 180 Å². The molecule has 9 aromatic rings. The summed E-state index contributed by atoms with van der Waals surface area (Å²) >= 11 is 0. The van der Waals surface area contributed by atoms with Crippen molar-refractivity contribution in [3.63, 3.8) is 0 Å². The molecule has 7 aromatic carbocycles. The van der Waals surface area contributed by atoms with Gasteiger partial charge in [0.15, 0.2) is 0 Å². The van der Waals surface area contributed by atoms with Crippen LogP contribution in [0.2, 0.25) is 0 Å². The predicted molar refractivity (Wildman–Crippen MR) is 205 cm³/mol. The zero-order valence-electron chi connectivity index (χ0n) is 27.1. The average Bonchev–Trinajstić information content (AvgIpc) is 3.68. The molecule has 0 saturated carbocycles. The average molecular weight is 617 g/mol. The molecule has 0 bridgehead atoms. The molecular weight excluding hydrogens is 581 g/mol. The zero-order valence-corrected chi connectivity index (χ0v) is 27.1. The van der Waals surface area contributed by atoms with E-state index in [1.54, 1.807) is 0 Å². The molecule has 0 aliphatic heterocycles. The van der Waals surface area contributed by atoms with Crippen LogP contribution in [0.5, 0.6) is 0 Å². The maximum Gasteiger partial charge on any atom is 0.0641 e. The fraction of sp³-hybridized carbons (Fsp3) is 0.0870. The lowest BCUT2D eigenvalue weighted by Gasteiger charge is -2.12.